The van der Waals surface area contributed by atoms with Gasteiger partial charge in [0.05, 0.1) is 17.2 Å². The zero-order chi connectivity index (χ0) is 13.7. The molecular weight excluding hydrogens is 275 g/mol. The van der Waals surface area contributed by atoms with Gasteiger partial charge in [0.25, 0.3) is 0 Å². The maximum absolute atomic E-state index is 11.2. The van der Waals surface area contributed by atoms with Gasteiger partial charge in [0.1, 0.15) is 0 Å². The van der Waals surface area contributed by atoms with Crippen molar-refractivity contribution in [2.45, 2.75) is 32.3 Å². The Kier molecular flexibility index (Phi) is 8.72. The molecule has 1 atom stereocenters. The smallest absolute Gasteiger partial charge is 1.00 e. The number of hydrogen-bond acceptors (Lipinski definition) is 3. The van der Waals surface area contributed by atoms with Gasteiger partial charge in [0.2, 0.25) is 0 Å². The number of carboxylic acid groups (broad SMARTS) is 2. The van der Waals surface area contributed by atoms with Gasteiger partial charge in [-0.2, -0.15) is 0 Å². The minimum absolute atomic E-state index is 0. The second-order valence-electron chi connectivity index (χ2n) is 4.04. The summed E-state index contributed by atoms with van der Waals surface area (Å²) in [5, 5.41) is 28.0. The molecule has 5 nitrogen and oxygen atoms in total. The van der Waals surface area contributed by atoms with Crippen molar-refractivity contribution in [3.63, 3.8) is 0 Å². The zero-order valence-electron chi connectivity index (χ0n) is 12.1. The fourth-order valence-electron chi connectivity index (χ4n) is 1.82. The number of rotatable bonds is 6. The van der Waals surface area contributed by atoms with Crippen LogP contribution in [0.15, 0.2) is 18.2 Å². The molecule has 1 rings (SSSR count). The van der Waals surface area contributed by atoms with Gasteiger partial charge in [-0.1, -0.05) is 31.9 Å². The number of carboxylic acids is 2. The first kappa shape index (κ1) is 18.8. The van der Waals surface area contributed by atoms with Crippen molar-refractivity contribution in [3.05, 3.63) is 34.9 Å². The summed E-state index contributed by atoms with van der Waals surface area (Å²) in [6.07, 6.45) is 1.09. The number of aliphatic hydroxyl groups is 1. The second-order valence-corrected chi connectivity index (χ2v) is 4.04. The van der Waals surface area contributed by atoms with Crippen molar-refractivity contribution in [1.82, 2.24) is 0 Å². The van der Waals surface area contributed by atoms with Crippen LogP contribution in [0, 0.1) is 0 Å². The standard InChI is InChI=1S/C13H16O5.K.H/c1-2-3-7-10(14)8-5-4-6-9(12(15)16)11(8)13(17)18;;/h4-6,10,14H,2-3,7H2,1H3,(H,15,16)(H,17,18);;/q;+1;-1. The predicted octanol–water partition coefficient (Wildman–Crippen LogP) is -0.577. The van der Waals surface area contributed by atoms with Crippen LogP contribution in [0.4, 0.5) is 0 Å². The molecule has 1 unspecified atom stereocenters. The van der Waals surface area contributed by atoms with E-state index < -0.39 is 18.0 Å². The molecule has 0 heterocycles. The van der Waals surface area contributed by atoms with Crippen LogP contribution in [0.2, 0.25) is 0 Å². The van der Waals surface area contributed by atoms with Crippen molar-refractivity contribution in [2.75, 3.05) is 0 Å². The summed E-state index contributed by atoms with van der Waals surface area (Å²) in [5.74, 6) is -2.64. The number of unbranched alkanes of at least 4 members (excludes halogenated alkanes) is 1. The first-order valence-corrected chi connectivity index (χ1v) is 5.76. The van der Waals surface area contributed by atoms with E-state index in [1.54, 1.807) is 0 Å². The number of carbonyl (C=O) groups is 2. The number of aromatic carboxylic acids is 2. The summed E-state index contributed by atoms with van der Waals surface area (Å²) < 4.78 is 0. The van der Waals surface area contributed by atoms with Crippen molar-refractivity contribution < 1.29 is 77.7 Å². The number of aliphatic hydroxyl groups excluding tert-OH is 1. The Morgan fingerprint density at radius 2 is 1.89 bits per heavy atom. The Morgan fingerprint density at radius 3 is 2.37 bits per heavy atom. The van der Waals surface area contributed by atoms with Crippen LogP contribution >= 0.6 is 0 Å². The van der Waals surface area contributed by atoms with E-state index in [0.717, 1.165) is 12.8 Å². The topological polar surface area (TPSA) is 94.8 Å². The van der Waals surface area contributed by atoms with Gasteiger partial charge in [-0.15, -0.1) is 0 Å². The van der Waals surface area contributed by atoms with Crippen LogP contribution in [0.5, 0.6) is 0 Å². The van der Waals surface area contributed by atoms with E-state index in [1.165, 1.54) is 18.2 Å². The normalized spacial score (nSPS) is 11.5. The van der Waals surface area contributed by atoms with Crippen molar-refractivity contribution in [1.29, 1.82) is 0 Å². The zero-order valence-corrected chi connectivity index (χ0v) is 14.2. The molecule has 6 heteroatoms. The van der Waals surface area contributed by atoms with Gasteiger partial charge in [-0.05, 0) is 18.1 Å². The van der Waals surface area contributed by atoms with Crippen LogP contribution in [-0.4, -0.2) is 27.3 Å². The SMILES string of the molecule is CCCCC(O)c1cccc(C(=O)O)c1C(=O)O.[H-].[K+]. The van der Waals surface area contributed by atoms with E-state index in [-0.39, 0.29) is 69.5 Å². The Labute approximate surface area is 155 Å². The van der Waals surface area contributed by atoms with E-state index in [2.05, 4.69) is 0 Å². The number of hydrogen-bond donors (Lipinski definition) is 3. The Bertz CT molecular complexity index is 464. The summed E-state index contributed by atoms with van der Waals surface area (Å²) in [6, 6.07) is 4.12. The molecule has 1 aromatic carbocycles. The Hall–Kier alpha value is -0.244. The van der Waals surface area contributed by atoms with E-state index >= 15 is 0 Å². The average molecular weight is 292 g/mol. The minimum atomic E-state index is -1.33. The Morgan fingerprint density at radius 1 is 1.26 bits per heavy atom. The van der Waals surface area contributed by atoms with Crippen molar-refractivity contribution in [3.8, 4) is 0 Å². The van der Waals surface area contributed by atoms with Crippen LogP contribution in [-0.2, 0) is 0 Å². The molecule has 0 aliphatic carbocycles. The molecule has 0 bridgehead atoms. The minimum Gasteiger partial charge on any atom is -1.00 e. The van der Waals surface area contributed by atoms with Gasteiger partial charge in [0, 0.05) is 0 Å². The monoisotopic (exact) mass is 292 g/mol. The van der Waals surface area contributed by atoms with E-state index in [1.807, 2.05) is 6.92 Å². The second kappa shape index (κ2) is 8.83. The van der Waals surface area contributed by atoms with Gasteiger partial charge >= 0.3 is 63.3 Å². The summed E-state index contributed by atoms with van der Waals surface area (Å²) in [4.78, 5) is 22.1. The molecule has 3 N–H and O–H groups in total. The molecule has 0 aliphatic rings. The number of benzene rings is 1. The third-order valence-corrected chi connectivity index (χ3v) is 2.73. The largest absolute Gasteiger partial charge is 1.00 e. The van der Waals surface area contributed by atoms with Gasteiger partial charge in [-0.25, -0.2) is 9.59 Å². The molecule has 0 saturated heterocycles. The molecule has 19 heavy (non-hydrogen) atoms. The van der Waals surface area contributed by atoms with Crippen LogP contribution in [0.3, 0.4) is 0 Å². The quantitative estimate of drug-likeness (QED) is 0.610. The predicted molar refractivity (Wildman–Crippen MR) is 66.0 cm³/mol. The molecular formula is C13H17KO5. The maximum atomic E-state index is 11.2. The summed E-state index contributed by atoms with van der Waals surface area (Å²) in [7, 11) is 0. The third kappa shape index (κ3) is 4.98. The molecule has 0 amide bonds. The van der Waals surface area contributed by atoms with Gasteiger partial charge < -0.3 is 16.7 Å². The molecule has 0 saturated carbocycles. The Balaban J connectivity index is 0. The fourth-order valence-corrected chi connectivity index (χ4v) is 1.82. The van der Waals surface area contributed by atoms with E-state index in [0.29, 0.717) is 6.42 Å². The third-order valence-electron chi connectivity index (χ3n) is 2.73. The molecule has 0 aromatic heterocycles. The van der Waals surface area contributed by atoms with E-state index in [9.17, 15) is 14.7 Å². The molecule has 100 valence electrons. The van der Waals surface area contributed by atoms with Gasteiger partial charge in [0.15, 0.2) is 0 Å². The average Bonchev–Trinajstić information content (AvgIpc) is 2.34. The van der Waals surface area contributed by atoms with Crippen molar-refractivity contribution >= 4 is 11.9 Å². The summed E-state index contributed by atoms with van der Waals surface area (Å²) in [5.41, 5.74) is -0.458. The van der Waals surface area contributed by atoms with Crippen LogP contribution < -0.4 is 51.4 Å². The maximum Gasteiger partial charge on any atom is 1.00 e. The molecule has 0 spiro atoms. The first-order chi connectivity index (χ1) is 8.49. The molecule has 0 aliphatic heterocycles. The van der Waals surface area contributed by atoms with E-state index in [4.69, 9.17) is 10.2 Å². The summed E-state index contributed by atoms with van der Waals surface area (Å²) >= 11 is 0. The van der Waals surface area contributed by atoms with Gasteiger partial charge in [-0.3, -0.25) is 0 Å². The van der Waals surface area contributed by atoms with Crippen LogP contribution in [0.1, 0.15) is 60.0 Å². The molecule has 1 aromatic rings. The molecule has 0 radical (unpaired) electrons. The summed E-state index contributed by atoms with van der Waals surface area (Å²) in [6.45, 7) is 1.96. The molecule has 0 fully saturated rings. The fraction of sp³-hybridized carbons (Fsp3) is 0.385. The van der Waals surface area contributed by atoms with Crippen LogP contribution in [0.25, 0.3) is 0 Å². The van der Waals surface area contributed by atoms with Crippen molar-refractivity contribution in [2.24, 2.45) is 0 Å². The first-order valence-electron chi connectivity index (χ1n) is 5.76.